The minimum atomic E-state index is -4.68. The van der Waals surface area contributed by atoms with Crippen molar-refractivity contribution in [3.8, 4) is 0 Å². The zero-order chi connectivity index (χ0) is 17.0. The van der Waals surface area contributed by atoms with Gasteiger partial charge in [0, 0.05) is 19.6 Å². The van der Waals surface area contributed by atoms with E-state index in [0.717, 1.165) is 12.1 Å². The number of benzene rings is 1. The van der Waals surface area contributed by atoms with Crippen LogP contribution < -0.4 is 5.32 Å². The molecule has 128 valence electrons. The zero-order valence-electron chi connectivity index (χ0n) is 12.4. The number of piperidine rings is 1. The molecule has 8 heteroatoms. The predicted octanol–water partition coefficient (Wildman–Crippen LogP) is 1.92. The lowest BCUT2D eigenvalue weighted by molar-refractivity contribution is -0.138. The fourth-order valence-electron chi connectivity index (χ4n) is 2.50. The molecule has 0 bridgehead atoms. The van der Waals surface area contributed by atoms with Gasteiger partial charge in [-0.2, -0.15) is 13.2 Å². The molecule has 0 radical (unpaired) electrons. The van der Waals surface area contributed by atoms with Gasteiger partial charge < -0.3 is 10.4 Å². The average Bonchev–Trinajstić information content (AvgIpc) is 2.47. The first-order valence-corrected chi connectivity index (χ1v) is 7.28. The van der Waals surface area contributed by atoms with Crippen LogP contribution in [-0.4, -0.2) is 41.7 Å². The van der Waals surface area contributed by atoms with E-state index in [0.29, 0.717) is 32.0 Å². The van der Waals surface area contributed by atoms with Crippen molar-refractivity contribution in [3.63, 3.8) is 0 Å². The highest BCUT2D eigenvalue weighted by Crippen LogP contribution is 2.32. The summed E-state index contributed by atoms with van der Waals surface area (Å²) in [5.74, 6) is -1.38. The molecule has 2 N–H and O–H groups in total. The third-order valence-corrected chi connectivity index (χ3v) is 3.78. The minimum Gasteiger partial charge on any atom is -0.393 e. The van der Waals surface area contributed by atoms with Crippen molar-refractivity contribution in [3.05, 3.63) is 35.1 Å². The van der Waals surface area contributed by atoms with Gasteiger partial charge in [0.2, 0.25) is 5.91 Å². The Morgan fingerprint density at radius 3 is 2.57 bits per heavy atom. The summed E-state index contributed by atoms with van der Waals surface area (Å²) >= 11 is 0. The number of amides is 1. The van der Waals surface area contributed by atoms with Crippen LogP contribution in [0.3, 0.4) is 0 Å². The summed E-state index contributed by atoms with van der Waals surface area (Å²) in [6, 6.07) is 2.38. The Hall–Kier alpha value is -1.67. The normalized spacial score (nSPS) is 17.3. The van der Waals surface area contributed by atoms with Crippen LogP contribution in [0.1, 0.15) is 24.0 Å². The molecule has 23 heavy (non-hydrogen) atoms. The van der Waals surface area contributed by atoms with Crippen molar-refractivity contribution in [2.75, 3.05) is 19.6 Å². The summed E-state index contributed by atoms with van der Waals surface area (Å²) in [7, 11) is 0. The van der Waals surface area contributed by atoms with Gasteiger partial charge in [-0.1, -0.05) is 6.07 Å². The Labute approximate surface area is 131 Å². The second-order valence-electron chi connectivity index (χ2n) is 5.58. The van der Waals surface area contributed by atoms with Crippen LogP contribution >= 0.6 is 0 Å². The van der Waals surface area contributed by atoms with Gasteiger partial charge in [-0.3, -0.25) is 9.69 Å². The summed E-state index contributed by atoms with van der Waals surface area (Å²) < 4.78 is 51.6. The summed E-state index contributed by atoms with van der Waals surface area (Å²) in [5.41, 5.74) is -1.26. The zero-order valence-corrected chi connectivity index (χ0v) is 12.4. The van der Waals surface area contributed by atoms with Crippen LogP contribution in [0.4, 0.5) is 17.6 Å². The molecular formula is C15H18F4N2O2. The van der Waals surface area contributed by atoms with Gasteiger partial charge in [0.05, 0.1) is 18.2 Å². The number of carbonyl (C=O) groups excluding carboxylic acids is 1. The highest BCUT2D eigenvalue weighted by Gasteiger charge is 2.33. The molecule has 1 amide bonds. The maximum absolute atomic E-state index is 13.0. The third kappa shape index (κ3) is 5.18. The molecule has 1 aromatic rings. The molecule has 4 nitrogen and oxygen atoms in total. The highest BCUT2D eigenvalue weighted by atomic mass is 19.4. The van der Waals surface area contributed by atoms with Crippen LogP contribution in [0.15, 0.2) is 18.2 Å². The molecule has 0 spiro atoms. The number of likely N-dealkylation sites (tertiary alicyclic amines) is 1. The molecule has 0 aliphatic carbocycles. The van der Waals surface area contributed by atoms with Crippen molar-refractivity contribution >= 4 is 5.91 Å². The maximum Gasteiger partial charge on any atom is 0.416 e. The molecule has 0 saturated carbocycles. The Balaban J connectivity index is 1.92. The smallest absolute Gasteiger partial charge is 0.393 e. The van der Waals surface area contributed by atoms with Gasteiger partial charge >= 0.3 is 6.18 Å². The number of carbonyl (C=O) groups is 1. The van der Waals surface area contributed by atoms with E-state index in [1.165, 1.54) is 0 Å². The lowest BCUT2D eigenvalue weighted by Crippen LogP contribution is -2.42. The first-order chi connectivity index (χ1) is 10.8. The molecule has 0 aromatic heterocycles. The van der Waals surface area contributed by atoms with Crippen molar-refractivity contribution in [2.24, 2.45) is 0 Å². The molecule has 0 unspecified atom stereocenters. The summed E-state index contributed by atoms with van der Waals surface area (Å²) in [6.07, 6.45) is -3.89. The minimum absolute atomic E-state index is 0.0647. The molecule has 1 heterocycles. The largest absolute Gasteiger partial charge is 0.416 e. The number of rotatable bonds is 4. The van der Waals surface area contributed by atoms with E-state index >= 15 is 0 Å². The standard InChI is InChI=1S/C15H18F4N2O2/c16-11-2-1-10(13(7-11)15(17,18)19)8-20-14(23)9-21-5-3-12(22)4-6-21/h1-2,7,12,22H,3-6,8-9H2,(H,20,23). The number of aliphatic hydroxyl groups excluding tert-OH is 1. The number of nitrogens with zero attached hydrogens (tertiary/aromatic N) is 1. The topological polar surface area (TPSA) is 52.6 Å². The van der Waals surface area contributed by atoms with E-state index in [1.807, 2.05) is 4.90 Å². The van der Waals surface area contributed by atoms with Crippen LogP contribution in [0.2, 0.25) is 0 Å². The monoisotopic (exact) mass is 334 g/mol. The van der Waals surface area contributed by atoms with Crippen LogP contribution in [0.5, 0.6) is 0 Å². The Morgan fingerprint density at radius 1 is 1.30 bits per heavy atom. The van der Waals surface area contributed by atoms with Gasteiger partial charge in [-0.05, 0) is 30.5 Å². The van der Waals surface area contributed by atoms with Crippen molar-refractivity contribution in [1.29, 1.82) is 0 Å². The lowest BCUT2D eigenvalue weighted by atomic mass is 10.1. The molecular weight excluding hydrogens is 316 g/mol. The summed E-state index contributed by atoms with van der Waals surface area (Å²) in [5, 5.41) is 11.8. The van der Waals surface area contributed by atoms with E-state index < -0.39 is 23.5 Å². The number of hydrogen-bond acceptors (Lipinski definition) is 3. The van der Waals surface area contributed by atoms with Gasteiger partial charge in [-0.25, -0.2) is 4.39 Å². The second-order valence-corrected chi connectivity index (χ2v) is 5.58. The second kappa shape index (κ2) is 7.27. The molecule has 1 aliphatic heterocycles. The first-order valence-electron chi connectivity index (χ1n) is 7.28. The van der Waals surface area contributed by atoms with Crippen LogP contribution in [-0.2, 0) is 17.5 Å². The van der Waals surface area contributed by atoms with E-state index in [2.05, 4.69) is 5.32 Å². The number of aliphatic hydroxyl groups is 1. The van der Waals surface area contributed by atoms with Crippen LogP contribution in [0.25, 0.3) is 0 Å². The molecule has 1 aromatic carbocycles. The molecule has 1 saturated heterocycles. The maximum atomic E-state index is 13.0. The predicted molar refractivity (Wildman–Crippen MR) is 74.9 cm³/mol. The number of hydrogen-bond donors (Lipinski definition) is 2. The first kappa shape index (κ1) is 17.7. The van der Waals surface area contributed by atoms with Gasteiger partial charge in [0.25, 0.3) is 0 Å². The molecule has 0 atom stereocenters. The average molecular weight is 334 g/mol. The summed E-state index contributed by atoms with van der Waals surface area (Å²) in [4.78, 5) is 13.7. The molecule has 1 fully saturated rings. The van der Waals surface area contributed by atoms with Gasteiger partial charge in [0.1, 0.15) is 5.82 Å². The van der Waals surface area contributed by atoms with E-state index in [4.69, 9.17) is 0 Å². The van der Waals surface area contributed by atoms with Crippen molar-refractivity contribution in [2.45, 2.75) is 31.7 Å². The highest BCUT2D eigenvalue weighted by molar-refractivity contribution is 5.78. The quantitative estimate of drug-likeness (QED) is 0.827. The fraction of sp³-hybridized carbons (Fsp3) is 0.533. The van der Waals surface area contributed by atoms with Crippen LogP contribution in [0, 0.1) is 5.82 Å². The molecule has 2 rings (SSSR count). The van der Waals surface area contributed by atoms with Gasteiger partial charge in [-0.15, -0.1) is 0 Å². The third-order valence-electron chi connectivity index (χ3n) is 3.78. The SMILES string of the molecule is O=C(CN1CCC(O)CC1)NCc1ccc(F)cc1C(F)(F)F. The Kier molecular flexibility index (Phi) is 5.59. The van der Waals surface area contributed by atoms with Crippen molar-refractivity contribution in [1.82, 2.24) is 10.2 Å². The number of alkyl halides is 3. The number of halogens is 4. The molecule has 1 aliphatic rings. The van der Waals surface area contributed by atoms with E-state index in [9.17, 15) is 27.5 Å². The van der Waals surface area contributed by atoms with Gasteiger partial charge in [0.15, 0.2) is 0 Å². The van der Waals surface area contributed by atoms with E-state index in [1.54, 1.807) is 0 Å². The van der Waals surface area contributed by atoms with Crippen molar-refractivity contribution < 1.29 is 27.5 Å². The number of nitrogens with one attached hydrogen (secondary N) is 1. The Bertz CT molecular complexity index is 555. The Morgan fingerprint density at radius 2 is 1.96 bits per heavy atom. The lowest BCUT2D eigenvalue weighted by Gasteiger charge is -2.28. The fourth-order valence-corrected chi connectivity index (χ4v) is 2.50. The summed E-state index contributed by atoms with van der Waals surface area (Å²) in [6.45, 7) is 0.886. The van der Waals surface area contributed by atoms with E-state index in [-0.39, 0.29) is 24.8 Å².